The van der Waals surface area contributed by atoms with Crippen molar-refractivity contribution >= 4 is 11.9 Å². The molecule has 3 heterocycles. The van der Waals surface area contributed by atoms with Crippen LogP contribution in [0.1, 0.15) is 44.9 Å². The Morgan fingerprint density at radius 2 is 2.20 bits per heavy atom. The van der Waals surface area contributed by atoms with Crippen molar-refractivity contribution in [2.75, 3.05) is 13.2 Å². The number of amides is 1. The summed E-state index contributed by atoms with van der Waals surface area (Å²) in [4.78, 5) is 25.8. The highest BCUT2D eigenvalue weighted by Crippen LogP contribution is 2.60. The molecule has 5 nitrogen and oxygen atoms in total. The predicted octanol–water partition coefficient (Wildman–Crippen LogP) is 1.41. The molecule has 1 aliphatic carbocycles. The van der Waals surface area contributed by atoms with Crippen molar-refractivity contribution in [1.82, 2.24) is 4.90 Å². The largest absolute Gasteiger partial charge is 0.481 e. The van der Waals surface area contributed by atoms with Crippen molar-refractivity contribution in [2.24, 2.45) is 11.8 Å². The molecule has 4 fully saturated rings. The van der Waals surface area contributed by atoms with E-state index in [0.717, 1.165) is 32.2 Å². The molecule has 20 heavy (non-hydrogen) atoms. The molecule has 2 spiro atoms. The average Bonchev–Trinajstić information content (AvgIpc) is 3.11. The fourth-order valence-corrected chi connectivity index (χ4v) is 5.33. The second-order valence-corrected chi connectivity index (χ2v) is 6.94. The molecule has 5 heteroatoms. The molecule has 110 valence electrons. The first kappa shape index (κ1) is 12.6. The fourth-order valence-electron chi connectivity index (χ4n) is 5.33. The van der Waals surface area contributed by atoms with Crippen LogP contribution in [0.5, 0.6) is 0 Å². The normalized spacial score (nSPS) is 46.2. The maximum atomic E-state index is 12.4. The van der Waals surface area contributed by atoms with Crippen LogP contribution in [0, 0.1) is 11.8 Å². The zero-order valence-electron chi connectivity index (χ0n) is 11.6. The number of aliphatic carboxylic acids is 1. The quantitative estimate of drug-likeness (QED) is 0.776. The van der Waals surface area contributed by atoms with E-state index in [1.807, 2.05) is 4.90 Å². The van der Waals surface area contributed by atoms with Gasteiger partial charge in [-0.25, -0.2) is 0 Å². The molecule has 1 amide bonds. The third-order valence-electron chi connectivity index (χ3n) is 6.20. The molecule has 0 unspecified atom stereocenters. The first-order valence-electron chi connectivity index (χ1n) is 7.75. The Labute approximate surface area is 118 Å². The molecule has 4 atom stereocenters. The van der Waals surface area contributed by atoms with E-state index >= 15 is 0 Å². The Kier molecular flexibility index (Phi) is 2.50. The smallest absolute Gasteiger partial charge is 0.303 e. The lowest BCUT2D eigenvalue weighted by atomic mass is 9.59. The molecular formula is C15H21NO4. The van der Waals surface area contributed by atoms with Gasteiger partial charge in [-0.2, -0.15) is 0 Å². The second-order valence-electron chi connectivity index (χ2n) is 6.94. The van der Waals surface area contributed by atoms with Crippen molar-refractivity contribution in [3.8, 4) is 0 Å². The Balaban J connectivity index is 1.78. The Morgan fingerprint density at radius 1 is 1.40 bits per heavy atom. The molecule has 0 aromatic rings. The predicted molar refractivity (Wildman–Crippen MR) is 70.1 cm³/mol. The van der Waals surface area contributed by atoms with Crippen molar-refractivity contribution in [3.63, 3.8) is 0 Å². The monoisotopic (exact) mass is 279 g/mol. The van der Waals surface area contributed by atoms with Gasteiger partial charge in [0, 0.05) is 18.9 Å². The lowest BCUT2D eigenvalue weighted by Crippen LogP contribution is -2.64. The molecular weight excluding hydrogens is 258 g/mol. The van der Waals surface area contributed by atoms with Crippen LogP contribution in [0.2, 0.25) is 0 Å². The third-order valence-corrected chi connectivity index (χ3v) is 6.20. The van der Waals surface area contributed by atoms with Crippen LogP contribution in [0.25, 0.3) is 0 Å². The second kappa shape index (κ2) is 3.97. The Hall–Kier alpha value is -1.10. The number of nitrogens with zero attached hydrogens (tertiary/aromatic N) is 1. The minimum absolute atomic E-state index is 0.0157. The van der Waals surface area contributed by atoms with E-state index in [1.165, 1.54) is 6.42 Å². The molecule has 0 aromatic carbocycles. The van der Waals surface area contributed by atoms with Gasteiger partial charge in [-0.15, -0.1) is 0 Å². The first-order chi connectivity index (χ1) is 9.58. The number of hydrogen-bond donors (Lipinski definition) is 1. The van der Waals surface area contributed by atoms with Gasteiger partial charge in [0.2, 0.25) is 5.91 Å². The van der Waals surface area contributed by atoms with Crippen molar-refractivity contribution in [1.29, 1.82) is 0 Å². The van der Waals surface area contributed by atoms with Gasteiger partial charge in [0.25, 0.3) is 0 Å². The molecule has 1 saturated carbocycles. The maximum Gasteiger partial charge on any atom is 0.303 e. The molecule has 1 N–H and O–H groups in total. The standard InChI is InChI=1S/C15H21NO4/c17-12-7-10-3-1-2-4-15(10)11(8-13(18)19)14(9-20-14)5-6-16(12)15/h10-11H,1-9H2,(H,18,19)/t10-,11+,14-,15-/m0/s1. The highest BCUT2D eigenvalue weighted by Gasteiger charge is 2.69. The van der Waals surface area contributed by atoms with Crippen molar-refractivity contribution < 1.29 is 19.4 Å². The summed E-state index contributed by atoms with van der Waals surface area (Å²) in [6, 6.07) is 0. The summed E-state index contributed by atoms with van der Waals surface area (Å²) in [5, 5.41) is 9.34. The van der Waals surface area contributed by atoms with E-state index in [-0.39, 0.29) is 29.4 Å². The number of carboxylic acid groups (broad SMARTS) is 1. The van der Waals surface area contributed by atoms with Crippen LogP contribution in [0.15, 0.2) is 0 Å². The summed E-state index contributed by atoms with van der Waals surface area (Å²) in [5.74, 6) is -0.194. The topological polar surface area (TPSA) is 70.1 Å². The minimum atomic E-state index is -0.759. The van der Waals surface area contributed by atoms with E-state index < -0.39 is 5.97 Å². The van der Waals surface area contributed by atoms with Gasteiger partial charge in [-0.1, -0.05) is 12.8 Å². The van der Waals surface area contributed by atoms with E-state index in [4.69, 9.17) is 4.74 Å². The van der Waals surface area contributed by atoms with Gasteiger partial charge in [-0.05, 0) is 25.2 Å². The summed E-state index contributed by atoms with van der Waals surface area (Å²) < 4.78 is 5.74. The van der Waals surface area contributed by atoms with Crippen LogP contribution < -0.4 is 0 Å². The van der Waals surface area contributed by atoms with Crippen LogP contribution in [-0.4, -0.2) is 46.2 Å². The van der Waals surface area contributed by atoms with Crippen LogP contribution in [0.4, 0.5) is 0 Å². The number of hydrogen-bond acceptors (Lipinski definition) is 3. The Morgan fingerprint density at radius 3 is 2.90 bits per heavy atom. The van der Waals surface area contributed by atoms with Gasteiger partial charge in [0.15, 0.2) is 0 Å². The summed E-state index contributed by atoms with van der Waals surface area (Å²) in [5.41, 5.74) is -0.461. The van der Waals surface area contributed by atoms with E-state index in [1.54, 1.807) is 0 Å². The van der Waals surface area contributed by atoms with Gasteiger partial charge >= 0.3 is 5.97 Å². The lowest BCUT2D eigenvalue weighted by Gasteiger charge is -2.55. The number of epoxide rings is 1. The number of carboxylic acids is 1. The van der Waals surface area contributed by atoms with Gasteiger partial charge in [-0.3, -0.25) is 9.59 Å². The third kappa shape index (κ3) is 1.47. The maximum absolute atomic E-state index is 12.4. The summed E-state index contributed by atoms with van der Waals surface area (Å²) in [7, 11) is 0. The SMILES string of the molecule is O=C(O)C[C@@H]1[C@]2(CCN3C(=O)C[C@@H]4CCCC[C@]413)CO2. The Bertz CT molecular complexity index is 472. The average molecular weight is 279 g/mol. The molecule has 0 radical (unpaired) electrons. The highest BCUT2D eigenvalue weighted by molar-refractivity contribution is 5.81. The van der Waals surface area contributed by atoms with Crippen molar-refractivity contribution in [2.45, 2.75) is 56.1 Å². The summed E-state index contributed by atoms with van der Waals surface area (Å²) in [6.45, 7) is 1.44. The number of carbonyl (C=O) groups is 2. The lowest BCUT2D eigenvalue weighted by molar-refractivity contribution is -0.150. The molecule has 4 aliphatic rings. The van der Waals surface area contributed by atoms with Gasteiger partial charge < -0.3 is 14.7 Å². The van der Waals surface area contributed by atoms with Crippen LogP contribution in [-0.2, 0) is 14.3 Å². The zero-order chi connectivity index (χ0) is 14.0. The number of piperidine rings is 1. The number of rotatable bonds is 2. The fraction of sp³-hybridized carbons (Fsp3) is 0.867. The number of ether oxygens (including phenoxy) is 1. The van der Waals surface area contributed by atoms with Crippen LogP contribution >= 0.6 is 0 Å². The summed E-state index contributed by atoms with van der Waals surface area (Å²) in [6.07, 6.45) is 5.87. The van der Waals surface area contributed by atoms with E-state index in [9.17, 15) is 14.7 Å². The van der Waals surface area contributed by atoms with Crippen LogP contribution in [0.3, 0.4) is 0 Å². The molecule has 3 aliphatic heterocycles. The van der Waals surface area contributed by atoms with E-state index in [0.29, 0.717) is 18.9 Å². The van der Waals surface area contributed by atoms with Gasteiger partial charge in [0.05, 0.1) is 24.2 Å². The number of carbonyl (C=O) groups excluding carboxylic acids is 1. The summed E-state index contributed by atoms with van der Waals surface area (Å²) >= 11 is 0. The van der Waals surface area contributed by atoms with Gasteiger partial charge in [0.1, 0.15) is 0 Å². The minimum Gasteiger partial charge on any atom is -0.481 e. The molecule has 0 aromatic heterocycles. The first-order valence-corrected chi connectivity index (χ1v) is 7.75. The highest BCUT2D eigenvalue weighted by atomic mass is 16.6. The molecule has 3 saturated heterocycles. The molecule has 0 bridgehead atoms. The van der Waals surface area contributed by atoms with E-state index in [2.05, 4.69) is 0 Å². The zero-order valence-corrected chi connectivity index (χ0v) is 11.6. The van der Waals surface area contributed by atoms with Crippen molar-refractivity contribution in [3.05, 3.63) is 0 Å². The molecule has 4 rings (SSSR count).